The maximum Gasteiger partial charge on any atom is 0.323 e. The van der Waals surface area contributed by atoms with E-state index in [1.165, 1.54) is 4.90 Å². The molecular weight excluding hydrogens is 306 g/mol. The molecule has 1 aliphatic rings. The van der Waals surface area contributed by atoms with Crippen molar-refractivity contribution in [3.63, 3.8) is 0 Å². The predicted molar refractivity (Wildman–Crippen MR) is 91.4 cm³/mol. The highest BCUT2D eigenvalue weighted by molar-refractivity contribution is 6.20. The fourth-order valence-electron chi connectivity index (χ4n) is 2.74. The molecule has 24 heavy (non-hydrogen) atoms. The third-order valence-electron chi connectivity index (χ3n) is 3.82. The molecule has 1 aliphatic heterocycles. The van der Waals surface area contributed by atoms with Gasteiger partial charge in [-0.25, -0.2) is 0 Å². The summed E-state index contributed by atoms with van der Waals surface area (Å²) in [4.78, 5) is 29.8. The van der Waals surface area contributed by atoms with Gasteiger partial charge < -0.3 is 5.11 Å². The molecule has 6 heteroatoms. The first-order chi connectivity index (χ1) is 11.6. The van der Waals surface area contributed by atoms with Crippen LogP contribution in [0.4, 0.5) is 5.69 Å². The zero-order valence-corrected chi connectivity index (χ0v) is 13.1. The molecule has 1 heterocycles. The number of aliphatic carboxylic acids is 1. The first-order valence-electron chi connectivity index (χ1n) is 7.55. The summed E-state index contributed by atoms with van der Waals surface area (Å²) < 4.78 is 0. The van der Waals surface area contributed by atoms with Gasteiger partial charge in [-0.15, -0.1) is 0 Å². The normalized spacial score (nSPS) is 17.0. The second-order valence-corrected chi connectivity index (χ2v) is 5.37. The summed E-state index contributed by atoms with van der Waals surface area (Å²) in [6.45, 7) is -0.411. The molecular formula is C18H17N3O3. The Morgan fingerprint density at radius 2 is 1.83 bits per heavy atom. The first-order valence-corrected chi connectivity index (χ1v) is 7.55. The first kappa shape index (κ1) is 15.9. The summed E-state index contributed by atoms with van der Waals surface area (Å²) >= 11 is 0. The lowest BCUT2D eigenvalue weighted by Gasteiger charge is -2.23. The lowest BCUT2D eigenvalue weighted by atomic mass is 10.0. The van der Waals surface area contributed by atoms with Crippen LogP contribution in [0.15, 0.2) is 59.6 Å². The van der Waals surface area contributed by atoms with Gasteiger partial charge in [0.05, 0.1) is 11.4 Å². The number of amides is 1. The number of hydrogen-bond donors (Lipinski definition) is 2. The highest BCUT2D eigenvalue weighted by Crippen LogP contribution is 2.27. The molecule has 2 aromatic rings. The summed E-state index contributed by atoms with van der Waals surface area (Å²) in [5.74, 6) is -1.46. The van der Waals surface area contributed by atoms with Crippen molar-refractivity contribution in [2.24, 2.45) is 4.99 Å². The molecule has 1 atom stereocenters. The number of benzene rings is 2. The average molecular weight is 323 g/mol. The molecule has 0 bridgehead atoms. The standard InChI is InChI=1S/C18H17N3O3/c1-19-17-18(24)21(11-15(22)23)14-10-6-5-9-13(14)16(20-17)12-7-3-2-4-8-12/h2-10,17,19H,11H2,1H3,(H,22,23). The summed E-state index contributed by atoms with van der Waals surface area (Å²) in [6, 6.07) is 16.8. The number of fused-ring (bicyclic) bond motifs is 1. The van der Waals surface area contributed by atoms with Crippen LogP contribution >= 0.6 is 0 Å². The number of likely N-dealkylation sites (N-methyl/N-ethyl adjacent to an activating group) is 1. The average Bonchev–Trinajstić information content (AvgIpc) is 2.71. The zero-order valence-electron chi connectivity index (χ0n) is 13.1. The molecule has 0 aliphatic carbocycles. The maximum atomic E-state index is 12.7. The number of aliphatic imine (C=N–C) groups is 1. The van der Waals surface area contributed by atoms with Crippen LogP contribution in [-0.2, 0) is 9.59 Å². The van der Waals surface area contributed by atoms with Gasteiger partial charge in [-0.1, -0.05) is 48.5 Å². The van der Waals surface area contributed by atoms with E-state index in [1.807, 2.05) is 42.5 Å². The van der Waals surface area contributed by atoms with Gasteiger partial charge in [-0.3, -0.25) is 24.8 Å². The number of carbonyl (C=O) groups excluding carboxylic acids is 1. The van der Waals surface area contributed by atoms with Crippen LogP contribution in [0.25, 0.3) is 0 Å². The second-order valence-electron chi connectivity index (χ2n) is 5.37. The van der Waals surface area contributed by atoms with Gasteiger partial charge in [0.15, 0.2) is 6.17 Å². The quantitative estimate of drug-likeness (QED) is 0.893. The van der Waals surface area contributed by atoms with Crippen molar-refractivity contribution >= 4 is 23.3 Å². The Bertz CT molecular complexity index is 802. The monoisotopic (exact) mass is 323 g/mol. The maximum absolute atomic E-state index is 12.7. The summed E-state index contributed by atoms with van der Waals surface area (Å²) in [6.07, 6.45) is -0.841. The number of benzodiazepines with no additional fused rings is 1. The van der Waals surface area contributed by atoms with Crippen LogP contribution in [0.3, 0.4) is 0 Å². The van der Waals surface area contributed by atoms with E-state index in [1.54, 1.807) is 19.2 Å². The van der Waals surface area contributed by atoms with Crippen LogP contribution < -0.4 is 10.2 Å². The van der Waals surface area contributed by atoms with Gasteiger partial charge in [0.1, 0.15) is 6.54 Å². The van der Waals surface area contributed by atoms with E-state index >= 15 is 0 Å². The molecule has 122 valence electrons. The number of hydrogen-bond acceptors (Lipinski definition) is 4. The van der Waals surface area contributed by atoms with Crippen molar-refractivity contribution < 1.29 is 14.7 Å². The molecule has 0 spiro atoms. The number of nitrogens with one attached hydrogen (secondary N) is 1. The fraction of sp³-hybridized carbons (Fsp3) is 0.167. The van der Waals surface area contributed by atoms with Crippen LogP contribution in [0, 0.1) is 0 Å². The van der Waals surface area contributed by atoms with Crippen molar-refractivity contribution in [1.29, 1.82) is 0 Å². The molecule has 3 rings (SSSR count). The molecule has 0 aromatic heterocycles. The minimum Gasteiger partial charge on any atom is -0.480 e. The summed E-state index contributed by atoms with van der Waals surface area (Å²) in [7, 11) is 1.63. The Balaban J connectivity index is 2.21. The molecule has 2 N–H and O–H groups in total. The molecule has 0 saturated heterocycles. The highest BCUT2D eigenvalue weighted by Gasteiger charge is 2.32. The highest BCUT2D eigenvalue weighted by atomic mass is 16.4. The van der Waals surface area contributed by atoms with E-state index < -0.39 is 24.6 Å². The number of anilines is 1. The predicted octanol–water partition coefficient (Wildman–Crippen LogP) is 1.50. The summed E-state index contributed by atoms with van der Waals surface area (Å²) in [5.41, 5.74) is 2.81. The fourth-order valence-corrected chi connectivity index (χ4v) is 2.74. The lowest BCUT2D eigenvalue weighted by molar-refractivity contribution is -0.136. The second kappa shape index (κ2) is 6.64. The Labute approximate surface area is 139 Å². The molecule has 1 unspecified atom stereocenters. The Hall–Kier alpha value is -2.99. The van der Waals surface area contributed by atoms with Gasteiger partial charge in [0, 0.05) is 11.1 Å². The Morgan fingerprint density at radius 1 is 1.17 bits per heavy atom. The molecule has 6 nitrogen and oxygen atoms in total. The number of carboxylic acid groups (broad SMARTS) is 1. The van der Waals surface area contributed by atoms with Gasteiger partial charge >= 0.3 is 5.97 Å². The van der Waals surface area contributed by atoms with E-state index in [4.69, 9.17) is 0 Å². The van der Waals surface area contributed by atoms with Crippen molar-refractivity contribution in [2.75, 3.05) is 18.5 Å². The van der Waals surface area contributed by atoms with Gasteiger partial charge in [0.2, 0.25) is 0 Å². The third kappa shape index (κ3) is 2.91. The van der Waals surface area contributed by atoms with Crippen molar-refractivity contribution in [1.82, 2.24) is 5.32 Å². The largest absolute Gasteiger partial charge is 0.480 e. The molecule has 0 radical (unpaired) electrons. The molecule has 0 saturated carbocycles. The van der Waals surface area contributed by atoms with Gasteiger partial charge in [-0.2, -0.15) is 0 Å². The molecule has 2 aromatic carbocycles. The van der Waals surface area contributed by atoms with Gasteiger partial charge in [0.25, 0.3) is 5.91 Å². The third-order valence-corrected chi connectivity index (χ3v) is 3.82. The molecule has 1 amide bonds. The van der Waals surface area contributed by atoms with Gasteiger partial charge in [-0.05, 0) is 13.1 Å². The number of para-hydroxylation sites is 1. The van der Waals surface area contributed by atoms with E-state index in [2.05, 4.69) is 10.3 Å². The number of rotatable bonds is 4. The minimum atomic E-state index is -1.07. The number of carbonyl (C=O) groups is 2. The zero-order chi connectivity index (χ0) is 17.1. The number of carboxylic acids is 1. The SMILES string of the molecule is CNC1N=C(c2ccccc2)c2ccccc2N(CC(=O)O)C1=O. The van der Waals surface area contributed by atoms with Crippen LogP contribution in [0.5, 0.6) is 0 Å². The van der Waals surface area contributed by atoms with Crippen LogP contribution in [-0.4, -0.2) is 42.5 Å². The van der Waals surface area contributed by atoms with Crippen molar-refractivity contribution in [2.45, 2.75) is 6.17 Å². The van der Waals surface area contributed by atoms with Crippen LogP contribution in [0.2, 0.25) is 0 Å². The Kier molecular flexibility index (Phi) is 4.39. The van der Waals surface area contributed by atoms with E-state index in [9.17, 15) is 14.7 Å². The van der Waals surface area contributed by atoms with E-state index in [0.29, 0.717) is 11.4 Å². The molecule has 0 fully saturated rings. The van der Waals surface area contributed by atoms with E-state index in [-0.39, 0.29) is 0 Å². The number of nitrogens with zero attached hydrogens (tertiary/aromatic N) is 2. The van der Waals surface area contributed by atoms with E-state index in [0.717, 1.165) is 11.1 Å². The lowest BCUT2D eigenvalue weighted by Crippen LogP contribution is -2.46. The van der Waals surface area contributed by atoms with Crippen molar-refractivity contribution in [3.05, 3.63) is 65.7 Å². The summed E-state index contributed by atoms with van der Waals surface area (Å²) in [5, 5.41) is 12.1. The Morgan fingerprint density at radius 3 is 2.50 bits per heavy atom. The van der Waals surface area contributed by atoms with Crippen molar-refractivity contribution in [3.8, 4) is 0 Å². The smallest absolute Gasteiger partial charge is 0.323 e. The minimum absolute atomic E-state index is 0.390. The van der Waals surface area contributed by atoms with Crippen LogP contribution in [0.1, 0.15) is 11.1 Å². The topological polar surface area (TPSA) is 82.0 Å².